The van der Waals surface area contributed by atoms with Crippen molar-refractivity contribution in [3.8, 4) is 0 Å². The van der Waals surface area contributed by atoms with E-state index in [-0.39, 0.29) is 18.4 Å². The molecule has 7 nitrogen and oxygen atoms in total. The van der Waals surface area contributed by atoms with E-state index in [1.54, 1.807) is 19.2 Å². The summed E-state index contributed by atoms with van der Waals surface area (Å²) in [7, 11) is 1.55. The standard InChI is InChI=1S/C14H18N4O3/c1-21-6-5-16-12(19)8-17-14(20)11-7-9-3-2-4-10(15)13(9)18-11/h2-4,7,18H,5-6,8,15H2,1H3,(H,16,19)(H,17,20). The number of rotatable bonds is 6. The van der Waals surface area contributed by atoms with E-state index >= 15 is 0 Å². The van der Waals surface area contributed by atoms with E-state index in [2.05, 4.69) is 15.6 Å². The number of nitrogens with two attached hydrogens (primary N) is 1. The zero-order valence-electron chi connectivity index (χ0n) is 11.7. The highest BCUT2D eigenvalue weighted by Crippen LogP contribution is 2.20. The van der Waals surface area contributed by atoms with Gasteiger partial charge in [0.15, 0.2) is 0 Å². The minimum absolute atomic E-state index is 0.0899. The summed E-state index contributed by atoms with van der Waals surface area (Å²) in [6.45, 7) is 0.752. The van der Waals surface area contributed by atoms with Gasteiger partial charge in [-0.3, -0.25) is 9.59 Å². The van der Waals surface area contributed by atoms with E-state index in [1.165, 1.54) is 0 Å². The van der Waals surface area contributed by atoms with Crippen molar-refractivity contribution in [1.29, 1.82) is 0 Å². The largest absolute Gasteiger partial charge is 0.397 e. The summed E-state index contributed by atoms with van der Waals surface area (Å²) in [5.41, 5.74) is 7.48. The van der Waals surface area contributed by atoms with Crippen LogP contribution in [0.3, 0.4) is 0 Å². The molecule has 0 aliphatic heterocycles. The second kappa shape index (κ2) is 6.76. The van der Waals surface area contributed by atoms with Crippen molar-refractivity contribution < 1.29 is 14.3 Å². The fraction of sp³-hybridized carbons (Fsp3) is 0.286. The van der Waals surface area contributed by atoms with Crippen LogP contribution in [0, 0.1) is 0 Å². The average molecular weight is 290 g/mol. The predicted molar refractivity (Wildman–Crippen MR) is 79.9 cm³/mol. The van der Waals surface area contributed by atoms with E-state index in [9.17, 15) is 9.59 Å². The smallest absolute Gasteiger partial charge is 0.268 e. The number of hydrogen-bond acceptors (Lipinski definition) is 4. The molecule has 21 heavy (non-hydrogen) atoms. The maximum absolute atomic E-state index is 12.0. The number of aromatic nitrogens is 1. The lowest BCUT2D eigenvalue weighted by Crippen LogP contribution is -2.38. The number of ether oxygens (including phenoxy) is 1. The molecular formula is C14H18N4O3. The summed E-state index contributed by atoms with van der Waals surface area (Å²) in [4.78, 5) is 26.4. The van der Waals surface area contributed by atoms with Crippen molar-refractivity contribution >= 4 is 28.4 Å². The topological polar surface area (TPSA) is 109 Å². The zero-order chi connectivity index (χ0) is 15.2. The molecule has 1 aromatic heterocycles. The van der Waals surface area contributed by atoms with Gasteiger partial charge in [0.25, 0.3) is 5.91 Å². The molecule has 2 rings (SSSR count). The molecule has 0 fully saturated rings. The van der Waals surface area contributed by atoms with E-state index in [4.69, 9.17) is 10.5 Å². The third-order valence-electron chi connectivity index (χ3n) is 2.97. The number of hydrogen-bond donors (Lipinski definition) is 4. The zero-order valence-corrected chi connectivity index (χ0v) is 11.7. The van der Waals surface area contributed by atoms with Gasteiger partial charge in [0, 0.05) is 19.0 Å². The molecule has 0 unspecified atom stereocenters. The number of carbonyl (C=O) groups excluding carboxylic acids is 2. The van der Waals surface area contributed by atoms with E-state index in [1.807, 2.05) is 12.1 Å². The number of benzene rings is 1. The van der Waals surface area contributed by atoms with Crippen LogP contribution in [0.1, 0.15) is 10.5 Å². The molecule has 0 radical (unpaired) electrons. The second-order valence-corrected chi connectivity index (χ2v) is 4.52. The van der Waals surface area contributed by atoms with Crippen LogP contribution in [-0.4, -0.2) is 43.6 Å². The van der Waals surface area contributed by atoms with Crippen LogP contribution in [-0.2, 0) is 9.53 Å². The predicted octanol–water partition coefficient (Wildman–Crippen LogP) is 0.243. The summed E-state index contributed by atoms with van der Waals surface area (Å²) in [6.07, 6.45) is 0. The molecule has 0 aliphatic carbocycles. The lowest BCUT2D eigenvalue weighted by Gasteiger charge is -2.05. The molecule has 0 spiro atoms. The quantitative estimate of drug-likeness (QED) is 0.451. The molecule has 1 heterocycles. The van der Waals surface area contributed by atoms with E-state index < -0.39 is 0 Å². The first-order valence-electron chi connectivity index (χ1n) is 6.53. The summed E-state index contributed by atoms with van der Waals surface area (Å²) in [5.74, 6) is -0.622. The minimum atomic E-state index is -0.354. The SMILES string of the molecule is COCCNC(=O)CNC(=O)c1cc2cccc(N)c2[nH]1. The fourth-order valence-corrected chi connectivity index (χ4v) is 1.91. The van der Waals surface area contributed by atoms with Crippen LogP contribution < -0.4 is 16.4 Å². The minimum Gasteiger partial charge on any atom is -0.397 e. The Morgan fingerprint density at radius 1 is 1.33 bits per heavy atom. The van der Waals surface area contributed by atoms with Gasteiger partial charge in [0.2, 0.25) is 5.91 Å². The highest BCUT2D eigenvalue weighted by Gasteiger charge is 2.11. The fourth-order valence-electron chi connectivity index (χ4n) is 1.91. The highest BCUT2D eigenvalue weighted by atomic mass is 16.5. The number of nitrogens with one attached hydrogen (secondary N) is 3. The van der Waals surface area contributed by atoms with Crippen LogP contribution in [0.15, 0.2) is 24.3 Å². The van der Waals surface area contributed by atoms with Crippen LogP contribution in [0.4, 0.5) is 5.69 Å². The Labute approximate surface area is 121 Å². The Balaban J connectivity index is 1.93. The Morgan fingerprint density at radius 2 is 2.14 bits per heavy atom. The second-order valence-electron chi connectivity index (χ2n) is 4.52. The molecule has 2 amide bonds. The van der Waals surface area contributed by atoms with Crippen molar-refractivity contribution in [3.05, 3.63) is 30.0 Å². The third-order valence-corrected chi connectivity index (χ3v) is 2.97. The van der Waals surface area contributed by atoms with Gasteiger partial charge in [-0.25, -0.2) is 0 Å². The first-order chi connectivity index (χ1) is 10.1. The van der Waals surface area contributed by atoms with Gasteiger partial charge in [-0.1, -0.05) is 12.1 Å². The molecule has 2 aromatic rings. The number of methoxy groups -OCH3 is 1. The molecule has 0 saturated heterocycles. The van der Waals surface area contributed by atoms with Gasteiger partial charge in [-0.15, -0.1) is 0 Å². The Hall–Kier alpha value is -2.54. The molecule has 0 atom stereocenters. The monoisotopic (exact) mass is 290 g/mol. The maximum Gasteiger partial charge on any atom is 0.268 e. The van der Waals surface area contributed by atoms with Gasteiger partial charge < -0.3 is 26.1 Å². The summed E-state index contributed by atoms with van der Waals surface area (Å²) in [6, 6.07) is 7.13. The number of amides is 2. The van der Waals surface area contributed by atoms with Crippen LogP contribution in [0.2, 0.25) is 0 Å². The number of carbonyl (C=O) groups is 2. The number of anilines is 1. The molecule has 5 N–H and O–H groups in total. The number of H-pyrrole nitrogens is 1. The number of para-hydroxylation sites is 1. The molecule has 1 aromatic carbocycles. The number of aromatic amines is 1. The van der Waals surface area contributed by atoms with Gasteiger partial charge in [0.1, 0.15) is 5.69 Å². The Morgan fingerprint density at radius 3 is 2.86 bits per heavy atom. The average Bonchev–Trinajstić information content (AvgIpc) is 2.91. The lowest BCUT2D eigenvalue weighted by atomic mass is 10.2. The Kier molecular flexibility index (Phi) is 4.78. The van der Waals surface area contributed by atoms with Gasteiger partial charge in [0.05, 0.1) is 24.4 Å². The maximum atomic E-state index is 12.0. The number of nitrogen functional groups attached to an aromatic ring is 1. The van der Waals surface area contributed by atoms with Crippen LogP contribution in [0.25, 0.3) is 10.9 Å². The summed E-state index contributed by atoms with van der Waals surface area (Å²) in [5, 5.41) is 6.01. The van der Waals surface area contributed by atoms with Crippen molar-refractivity contribution in [3.63, 3.8) is 0 Å². The third kappa shape index (κ3) is 3.73. The molecular weight excluding hydrogens is 272 g/mol. The summed E-state index contributed by atoms with van der Waals surface area (Å²) >= 11 is 0. The normalized spacial score (nSPS) is 10.5. The Bertz CT molecular complexity index is 651. The lowest BCUT2D eigenvalue weighted by molar-refractivity contribution is -0.120. The van der Waals surface area contributed by atoms with Crippen molar-refractivity contribution in [2.75, 3.05) is 32.5 Å². The van der Waals surface area contributed by atoms with Crippen LogP contribution in [0.5, 0.6) is 0 Å². The van der Waals surface area contributed by atoms with Crippen molar-refractivity contribution in [2.45, 2.75) is 0 Å². The highest BCUT2D eigenvalue weighted by molar-refractivity contribution is 6.01. The molecule has 7 heteroatoms. The van der Waals surface area contributed by atoms with E-state index in [0.29, 0.717) is 30.0 Å². The molecule has 0 bridgehead atoms. The molecule has 0 aliphatic rings. The van der Waals surface area contributed by atoms with E-state index in [0.717, 1.165) is 5.39 Å². The molecule has 112 valence electrons. The first-order valence-corrected chi connectivity index (χ1v) is 6.53. The van der Waals surface area contributed by atoms with Gasteiger partial charge in [-0.05, 0) is 12.1 Å². The van der Waals surface area contributed by atoms with Crippen molar-refractivity contribution in [2.24, 2.45) is 0 Å². The summed E-state index contributed by atoms with van der Waals surface area (Å²) < 4.78 is 4.81. The van der Waals surface area contributed by atoms with Crippen LogP contribution >= 0.6 is 0 Å². The molecule has 0 saturated carbocycles. The first kappa shape index (κ1) is 14.9. The van der Waals surface area contributed by atoms with Gasteiger partial charge >= 0.3 is 0 Å². The number of fused-ring (bicyclic) bond motifs is 1. The van der Waals surface area contributed by atoms with Gasteiger partial charge in [-0.2, -0.15) is 0 Å². The van der Waals surface area contributed by atoms with Crippen molar-refractivity contribution in [1.82, 2.24) is 15.6 Å².